The van der Waals surface area contributed by atoms with Crippen molar-refractivity contribution < 1.29 is 4.74 Å². The van der Waals surface area contributed by atoms with Crippen molar-refractivity contribution >= 4 is 11.4 Å². The molecule has 1 fully saturated rings. The van der Waals surface area contributed by atoms with Crippen LogP contribution < -0.4 is 4.90 Å². The van der Waals surface area contributed by atoms with Crippen molar-refractivity contribution in [3.05, 3.63) is 179 Å². The fourth-order valence-electron chi connectivity index (χ4n) is 9.59. The first-order valence-electron chi connectivity index (χ1n) is 17.0. The smallest absolute Gasteiger partial charge is 0.118 e. The lowest BCUT2D eigenvalue weighted by Gasteiger charge is -2.50. The Bertz CT molecular complexity index is 2060. The summed E-state index contributed by atoms with van der Waals surface area (Å²) in [6.45, 7) is 2.42. The van der Waals surface area contributed by atoms with Crippen molar-refractivity contribution in [2.75, 3.05) is 12.0 Å². The highest BCUT2D eigenvalue weighted by Gasteiger charge is 2.61. The van der Waals surface area contributed by atoms with Gasteiger partial charge in [0.15, 0.2) is 0 Å². The average molecular weight is 610 g/mol. The van der Waals surface area contributed by atoms with Gasteiger partial charge in [-0.3, -0.25) is 0 Å². The summed E-state index contributed by atoms with van der Waals surface area (Å²) >= 11 is 0. The van der Waals surface area contributed by atoms with Gasteiger partial charge in [0.2, 0.25) is 0 Å². The van der Waals surface area contributed by atoms with E-state index in [0.29, 0.717) is 0 Å². The van der Waals surface area contributed by atoms with Crippen LogP contribution in [0.1, 0.15) is 60.4 Å². The molecule has 0 N–H and O–H groups in total. The predicted octanol–water partition coefficient (Wildman–Crippen LogP) is 11.0. The molecule has 0 amide bonds. The second-order valence-corrected chi connectivity index (χ2v) is 13.7. The molecule has 0 radical (unpaired) electrons. The molecule has 230 valence electrons. The first-order valence-corrected chi connectivity index (χ1v) is 17.0. The third kappa shape index (κ3) is 3.77. The molecule has 0 saturated heterocycles. The van der Waals surface area contributed by atoms with Gasteiger partial charge in [0, 0.05) is 24.0 Å². The zero-order valence-electron chi connectivity index (χ0n) is 27.1. The van der Waals surface area contributed by atoms with Gasteiger partial charge in [-0.05, 0) is 94.6 Å². The second kappa shape index (κ2) is 10.6. The maximum Gasteiger partial charge on any atom is 0.118 e. The highest BCUT2D eigenvalue weighted by molar-refractivity contribution is 5.89. The quantitative estimate of drug-likeness (QED) is 0.192. The van der Waals surface area contributed by atoms with E-state index in [1.165, 1.54) is 74.3 Å². The lowest BCUT2D eigenvalue weighted by Crippen LogP contribution is -2.57. The number of benzene rings is 6. The summed E-state index contributed by atoms with van der Waals surface area (Å²) in [5.41, 5.74) is 13.3. The summed E-state index contributed by atoms with van der Waals surface area (Å²) in [4.78, 5) is 2.57. The molecule has 2 nitrogen and oxygen atoms in total. The van der Waals surface area contributed by atoms with Crippen molar-refractivity contribution in [3.8, 4) is 22.3 Å². The monoisotopic (exact) mass is 609 g/mol. The van der Waals surface area contributed by atoms with Crippen LogP contribution in [0.25, 0.3) is 22.3 Å². The van der Waals surface area contributed by atoms with Crippen molar-refractivity contribution in [3.63, 3.8) is 0 Å². The van der Waals surface area contributed by atoms with E-state index in [1.807, 2.05) is 7.11 Å². The van der Waals surface area contributed by atoms with Crippen molar-refractivity contribution in [2.24, 2.45) is 0 Å². The topological polar surface area (TPSA) is 12.5 Å². The predicted molar refractivity (Wildman–Crippen MR) is 193 cm³/mol. The summed E-state index contributed by atoms with van der Waals surface area (Å²) in [5.74, 6) is 0. The molecule has 2 heteroatoms. The fraction of sp³-hybridized carbons (Fsp3) is 0.200. The van der Waals surface area contributed by atoms with Gasteiger partial charge >= 0.3 is 0 Å². The van der Waals surface area contributed by atoms with E-state index < -0.39 is 0 Å². The van der Waals surface area contributed by atoms with Crippen LogP contribution in [-0.2, 0) is 15.8 Å². The van der Waals surface area contributed by atoms with Gasteiger partial charge in [-0.25, -0.2) is 0 Å². The zero-order valence-corrected chi connectivity index (χ0v) is 27.1. The fourth-order valence-corrected chi connectivity index (χ4v) is 9.59. The summed E-state index contributed by atoms with van der Waals surface area (Å²) in [5, 5.41) is 0. The minimum atomic E-state index is -0.384. The number of ether oxygens (including phenoxy) is 1. The van der Waals surface area contributed by atoms with Crippen LogP contribution in [0.2, 0.25) is 0 Å². The van der Waals surface area contributed by atoms with Gasteiger partial charge in [0.05, 0.1) is 11.0 Å². The van der Waals surface area contributed by atoms with E-state index >= 15 is 0 Å². The van der Waals surface area contributed by atoms with E-state index in [0.717, 1.165) is 12.8 Å². The lowest BCUT2D eigenvalue weighted by molar-refractivity contribution is -0.0871. The molecule has 1 heterocycles. The Kier molecular flexibility index (Phi) is 6.36. The van der Waals surface area contributed by atoms with Crippen LogP contribution in [0.15, 0.2) is 152 Å². The third-order valence-corrected chi connectivity index (χ3v) is 11.6. The van der Waals surface area contributed by atoms with Crippen molar-refractivity contribution in [1.29, 1.82) is 0 Å². The Labute approximate surface area is 278 Å². The van der Waals surface area contributed by atoms with Crippen LogP contribution in [0.3, 0.4) is 0 Å². The minimum Gasteiger partial charge on any atom is -0.371 e. The molecule has 47 heavy (non-hydrogen) atoms. The largest absolute Gasteiger partial charge is 0.371 e. The molecule has 2 unspecified atom stereocenters. The first kappa shape index (κ1) is 28.3. The number of rotatable bonds is 5. The number of para-hydroxylation sites is 1. The molecular weight excluding hydrogens is 571 g/mol. The van der Waals surface area contributed by atoms with Gasteiger partial charge in [0.1, 0.15) is 5.60 Å². The Morgan fingerprint density at radius 1 is 0.532 bits per heavy atom. The van der Waals surface area contributed by atoms with Crippen LogP contribution in [0.4, 0.5) is 11.4 Å². The lowest BCUT2D eigenvalue weighted by atomic mass is 9.67. The number of anilines is 2. The minimum absolute atomic E-state index is 0.163. The first-order chi connectivity index (χ1) is 23.1. The maximum atomic E-state index is 6.68. The number of nitrogens with zero attached hydrogens (tertiary/aromatic N) is 1. The van der Waals surface area contributed by atoms with E-state index in [9.17, 15) is 0 Å². The second-order valence-electron chi connectivity index (χ2n) is 13.7. The standard InChI is InChI=1S/C45H39NO/c1-43-28-14-15-29-44(43,47-2)41-31-33(25-27-42(41)46(43)36-20-10-5-11-21-36)32-24-26-40-38(30-32)37-22-12-13-23-39(37)45(40,34-16-6-3-7-17-34)35-18-8-4-9-19-35/h3-13,16-27,30-31H,14-15,28-29H2,1-2H3. The Balaban J connectivity index is 1.25. The maximum absolute atomic E-state index is 6.68. The number of hydrogen-bond acceptors (Lipinski definition) is 2. The molecule has 3 aliphatic rings. The molecule has 0 bridgehead atoms. The summed E-state index contributed by atoms with van der Waals surface area (Å²) in [6, 6.07) is 56.2. The molecule has 2 aliphatic carbocycles. The zero-order chi connectivity index (χ0) is 31.6. The van der Waals surface area contributed by atoms with Crippen molar-refractivity contribution in [2.45, 2.75) is 49.2 Å². The number of hydrogen-bond donors (Lipinski definition) is 0. The molecule has 1 aliphatic heterocycles. The molecule has 0 aromatic heterocycles. The molecule has 6 aromatic carbocycles. The normalized spacial score (nSPS) is 21.9. The molecule has 6 aromatic rings. The van der Waals surface area contributed by atoms with E-state index in [4.69, 9.17) is 4.74 Å². The SMILES string of the molecule is COC12CCCCC1(C)N(c1ccccc1)c1ccc(-c3ccc4c(c3)-c3ccccc3C4(c3ccccc3)c3ccccc3)cc12. The van der Waals surface area contributed by atoms with Crippen LogP contribution >= 0.6 is 0 Å². The number of fused-ring (bicyclic) bond motifs is 6. The third-order valence-electron chi connectivity index (χ3n) is 11.6. The van der Waals surface area contributed by atoms with Crippen LogP contribution in [0.5, 0.6) is 0 Å². The van der Waals surface area contributed by atoms with E-state index in [2.05, 4.69) is 163 Å². The van der Waals surface area contributed by atoms with Gasteiger partial charge in [-0.1, -0.05) is 134 Å². The molecule has 9 rings (SSSR count). The van der Waals surface area contributed by atoms with E-state index in [-0.39, 0.29) is 16.6 Å². The van der Waals surface area contributed by atoms with Crippen LogP contribution in [0, 0.1) is 0 Å². The van der Waals surface area contributed by atoms with Gasteiger partial charge in [-0.15, -0.1) is 0 Å². The van der Waals surface area contributed by atoms with Gasteiger partial charge in [0.25, 0.3) is 0 Å². The summed E-state index contributed by atoms with van der Waals surface area (Å²) in [6.07, 6.45) is 4.50. The number of methoxy groups -OCH3 is 1. The van der Waals surface area contributed by atoms with Gasteiger partial charge < -0.3 is 9.64 Å². The van der Waals surface area contributed by atoms with E-state index in [1.54, 1.807) is 0 Å². The molecule has 2 atom stereocenters. The highest BCUT2D eigenvalue weighted by atomic mass is 16.5. The molecule has 0 spiro atoms. The summed E-state index contributed by atoms with van der Waals surface area (Å²) in [7, 11) is 1.92. The Morgan fingerprint density at radius 2 is 1.11 bits per heavy atom. The van der Waals surface area contributed by atoms with Gasteiger partial charge in [-0.2, -0.15) is 0 Å². The average Bonchev–Trinajstić information content (AvgIpc) is 3.56. The summed E-state index contributed by atoms with van der Waals surface area (Å²) < 4.78 is 6.68. The molecular formula is C45H39NO. The Hall–Kier alpha value is -4.92. The van der Waals surface area contributed by atoms with Crippen LogP contribution in [-0.4, -0.2) is 12.6 Å². The van der Waals surface area contributed by atoms with Crippen molar-refractivity contribution in [1.82, 2.24) is 0 Å². The Morgan fingerprint density at radius 3 is 1.81 bits per heavy atom. The molecule has 1 saturated carbocycles. The highest BCUT2D eigenvalue weighted by Crippen LogP contribution is 2.62.